The SMILES string of the molecule is Cc1nonc1CC(=O)NC(Cn1ccnc1)C(C)(C)C. The first kappa shape index (κ1) is 15.2. The highest BCUT2D eigenvalue weighted by Gasteiger charge is 2.27. The van der Waals surface area contributed by atoms with E-state index in [1.165, 1.54) is 0 Å². The standard InChI is InChI=1S/C14H21N5O2/c1-10-11(18-21-17-10)7-13(20)16-12(14(2,3)4)8-19-6-5-15-9-19/h5-6,9,12H,7-8H2,1-4H3,(H,16,20). The van der Waals surface area contributed by atoms with Crippen LogP contribution in [0.3, 0.4) is 0 Å². The highest BCUT2D eigenvalue weighted by molar-refractivity contribution is 5.78. The molecular weight excluding hydrogens is 270 g/mol. The van der Waals surface area contributed by atoms with Crippen molar-refractivity contribution in [1.82, 2.24) is 25.2 Å². The van der Waals surface area contributed by atoms with Crippen LogP contribution in [-0.4, -0.2) is 31.8 Å². The number of aryl methyl sites for hydroxylation is 1. The maximum Gasteiger partial charge on any atom is 0.226 e. The fraction of sp³-hybridized carbons (Fsp3) is 0.571. The molecule has 1 N–H and O–H groups in total. The quantitative estimate of drug-likeness (QED) is 0.898. The van der Waals surface area contributed by atoms with Gasteiger partial charge in [-0.1, -0.05) is 31.1 Å². The molecule has 0 saturated carbocycles. The summed E-state index contributed by atoms with van der Waals surface area (Å²) >= 11 is 0. The Morgan fingerprint density at radius 3 is 2.71 bits per heavy atom. The predicted octanol–water partition coefficient (Wildman–Crippen LogP) is 1.35. The van der Waals surface area contributed by atoms with Crippen LogP contribution in [-0.2, 0) is 17.8 Å². The lowest BCUT2D eigenvalue weighted by atomic mass is 9.86. The molecule has 0 spiro atoms. The lowest BCUT2D eigenvalue weighted by Gasteiger charge is -2.31. The number of nitrogens with one attached hydrogen (secondary N) is 1. The molecule has 0 bridgehead atoms. The maximum absolute atomic E-state index is 12.2. The second kappa shape index (κ2) is 6.07. The smallest absolute Gasteiger partial charge is 0.226 e. The summed E-state index contributed by atoms with van der Waals surface area (Å²) in [6.45, 7) is 8.73. The van der Waals surface area contributed by atoms with E-state index in [2.05, 4.69) is 46.0 Å². The van der Waals surface area contributed by atoms with Crippen molar-refractivity contribution in [3.8, 4) is 0 Å². The molecule has 0 fully saturated rings. The number of carbonyl (C=O) groups is 1. The Labute approximate surface area is 123 Å². The van der Waals surface area contributed by atoms with Crippen LogP contribution in [0.1, 0.15) is 32.2 Å². The fourth-order valence-electron chi connectivity index (χ4n) is 1.95. The van der Waals surface area contributed by atoms with Gasteiger partial charge in [0.2, 0.25) is 5.91 Å². The third-order valence-electron chi connectivity index (χ3n) is 3.41. The molecule has 2 heterocycles. The van der Waals surface area contributed by atoms with Gasteiger partial charge in [0.1, 0.15) is 11.4 Å². The third-order valence-corrected chi connectivity index (χ3v) is 3.41. The Hall–Kier alpha value is -2.18. The molecule has 0 aliphatic rings. The zero-order valence-electron chi connectivity index (χ0n) is 12.8. The van der Waals surface area contributed by atoms with Crippen LogP contribution < -0.4 is 5.32 Å². The van der Waals surface area contributed by atoms with Gasteiger partial charge in [0.25, 0.3) is 0 Å². The molecule has 2 rings (SSSR count). The summed E-state index contributed by atoms with van der Waals surface area (Å²) in [4.78, 5) is 16.2. The molecule has 1 unspecified atom stereocenters. The van der Waals surface area contributed by atoms with Gasteiger partial charge in [-0.15, -0.1) is 0 Å². The molecule has 0 saturated heterocycles. The van der Waals surface area contributed by atoms with E-state index in [-0.39, 0.29) is 23.8 Å². The lowest BCUT2D eigenvalue weighted by molar-refractivity contribution is -0.122. The van der Waals surface area contributed by atoms with Gasteiger partial charge in [-0.25, -0.2) is 9.61 Å². The molecule has 0 aromatic carbocycles. The van der Waals surface area contributed by atoms with Crippen LogP contribution in [0.4, 0.5) is 0 Å². The summed E-state index contributed by atoms with van der Waals surface area (Å²) in [6.07, 6.45) is 5.53. The monoisotopic (exact) mass is 291 g/mol. The molecule has 114 valence electrons. The molecule has 7 heteroatoms. The number of amides is 1. The minimum absolute atomic E-state index is 0.0145. The lowest BCUT2D eigenvalue weighted by Crippen LogP contribution is -2.46. The summed E-state index contributed by atoms with van der Waals surface area (Å²) in [5.74, 6) is -0.0890. The highest BCUT2D eigenvalue weighted by atomic mass is 16.6. The molecule has 21 heavy (non-hydrogen) atoms. The van der Waals surface area contributed by atoms with Crippen LogP contribution in [0, 0.1) is 12.3 Å². The Balaban J connectivity index is 2.01. The van der Waals surface area contributed by atoms with Gasteiger partial charge < -0.3 is 9.88 Å². The molecule has 7 nitrogen and oxygen atoms in total. The zero-order chi connectivity index (χ0) is 15.5. The van der Waals surface area contributed by atoms with Gasteiger partial charge >= 0.3 is 0 Å². The van der Waals surface area contributed by atoms with E-state index in [0.29, 0.717) is 17.9 Å². The van der Waals surface area contributed by atoms with Crippen molar-refractivity contribution < 1.29 is 9.42 Å². The van der Waals surface area contributed by atoms with Gasteiger partial charge in [-0.2, -0.15) is 0 Å². The van der Waals surface area contributed by atoms with E-state index in [9.17, 15) is 4.79 Å². The fourth-order valence-corrected chi connectivity index (χ4v) is 1.95. The summed E-state index contributed by atoms with van der Waals surface area (Å²) in [6, 6.07) is -0.0145. The molecule has 1 atom stereocenters. The maximum atomic E-state index is 12.2. The average molecular weight is 291 g/mol. The van der Waals surface area contributed by atoms with Gasteiger partial charge in [-0.3, -0.25) is 4.79 Å². The van der Waals surface area contributed by atoms with E-state index >= 15 is 0 Å². The Kier molecular flexibility index (Phi) is 4.40. The number of hydrogen-bond donors (Lipinski definition) is 1. The number of hydrogen-bond acceptors (Lipinski definition) is 5. The second-order valence-corrected chi connectivity index (χ2v) is 6.22. The van der Waals surface area contributed by atoms with Gasteiger partial charge in [-0.05, 0) is 12.3 Å². The molecule has 1 amide bonds. The van der Waals surface area contributed by atoms with Crippen molar-refractivity contribution in [2.75, 3.05) is 0 Å². The number of rotatable bonds is 5. The first-order chi connectivity index (χ1) is 9.86. The van der Waals surface area contributed by atoms with Crippen LogP contribution in [0.15, 0.2) is 23.4 Å². The number of nitrogens with zero attached hydrogens (tertiary/aromatic N) is 4. The molecular formula is C14H21N5O2. The van der Waals surface area contributed by atoms with Crippen LogP contribution in [0.2, 0.25) is 0 Å². The Morgan fingerprint density at radius 1 is 1.43 bits per heavy atom. The molecule has 0 aliphatic heterocycles. The van der Waals surface area contributed by atoms with E-state index in [4.69, 9.17) is 0 Å². The highest BCUT2D eigenvalue weighted by Crippen LogP contribution is 2.21. The van der Waals surface area contributed by atoms with E-state index in [0.717, 1.165) is 0 Å². The predicted molar refractivity (Wildman–Crippen MR) is 76.4 cm³/mol. The largest absolute Gasteiger partial charge is 0.351 e. The molecule has 0 aliphatic carbocycles. The Bertz CT molecular complexity index is 583. The number of carbonyl (C=O) groups excluding carboxylic acids is 1. The molecule has 2 aromatic rings. The summed E-state index contributed by atoms with van der Waals surface area (Å²) in [5, 5.41) is 10.5. The Morgan fingerprint density at radius 2 is 2.19 bits per heavy atom. The number of imidazole rings is 1. The van der Waals surface area contributed by atoms with Gasteiger partial charge in [0.15, 0.2) is 0 Å². The first-order valence-electron chi connectivity index (χ1n) is 6.89. The summed E-state index contributed by atoms with van der Waals surface area (Å²) in [7, 11) is 0. The molecule has 2 aromatic heterocycles. The number of aromatic nitrogens is 4. The third kappa shape index (κ3) is 4.14. The zero-order valence-corrected chi connectivity index (χ0v) is 12.8. The van der Waals surface area contributed by atoms with Gasteiger partial charge in [0.05, 0.1) is 18.8 Å². The average Bonchev–Trinajstić information content (AvgIpc) is 3.00. The minimum atomic E-state index is -0.0890. The van der Waals surface area contributed by atoms with Crippen molar-refractivity contribution in [2.24, 2.45) is 5.41 Å². The van der Waals surface area contributed by atoms with E-state index in [1.54, 1.807) is 19.4 Å². The van der Waals surface area contributed by atoms with Crippen molar-refractivity contribution in [2.45, 2.75) is 46.7 Å². The van der Waals surface area contributed by atoms with Gasteiger partial charge in [0, 0.05) is 18.9 Å². The van der Waals surface area contributed by atoms with Crippen molar-refractivity contribution >= 4 is 5.91 Å². The summed E-state index contributed by atoms with van der Waals surface area (Å²) < 4.78 is 6.57. The second-order valence-electron chi connectivity index (χ2n) is 6.22. The van der Waals surface area contributed by atoms with Crippen molar-refractivity contribution in [3.63, 3.8) is 0 Å². The van der Waals surface area contributed by atoms with Crippen molar-refractivity contribution in [3.05, 3.63) is 30.1 Å². The summed E-state index contributed by atoms with van der Waals surface area (Å²) in [5.41, 5.74) is 1.15. The van der Waals surface area contributed by atoms with Crippen LogP contribution in [0.5, 0.6) is 0 Å². The molecule has 0 radical (unpaired) electrons. The van der Waals surface area contributed by atoms with Crippen LogP contribution in [0.25, 0.3) is 0 Å². The van der Waals surface area contributed by atoms with E-state index in [1.807, 2.05) is 10.8 Å². The topological polar surface area (TPSA) is 85.8 Å². The first-order valence-corrected chi connectivity index (χ1v) is 6.89. The van der Waals surface area contributed by atoms with Crippen LogP contribution >= 0.6 is 0 Å². The van der Waals surface area contributed by atoms with E-state index < -0.39 is 0 Å². The normalized spacial score (nSPS) is 13.1. The minimum Gasteiger partial charge on any atom is -0.351 e. The van der Waals surface area contributed by atoms with Crippen molar-refractivity contribution in [1.29, 1.82) is 0 Å².